The Balaban J connectivity index is 1.80. The van der Waals surface area contributed by atoms with E-state index in [0.29, 0.717) is 18.4 Å². The Labute approximate surface area is 163 Å². The number of carbonyl (C=O) groups is 2. The van der Waals surface area contributed by atoms with Crippen molar-refractivity contribution in [2.24, 2.45) is 28.6 Å². The van der Waals surface area contributed by atoms with Crippen LogP contribution in [0.1, 0.15) is 46.0 Å². The fraction of sp³-hybridized carbons (Fsp3) is 0.810. The van der Waals surface area contributed by atoms with Gasteiger partial charge in [0.1, 0.15) is 12.8 Å². The molecule has 0 aliphatic heterocycles. The summed E-state index contributed by atoms with van der Waals surface area (Å²) in [5.41, 5.74) is -3.53. The number of ketones is 2. The van der Waals surface area contributed by atoms with Crippen molar-refractivity contribution >= 4 is 11.6 Å². The van der Waals surface area contributed by atoms with Gasteiger partial charge in [-0.1, -0.05) is 13.8 Å². The Hall–Kier alpha value is -1.15. The van der Waals surface area contributed by atoms with Crippen LogP contribution in [0.15, 0.2) is 11.6 Å². The van der Waals surface area contributed by atoms with Gasteiger partial charge in [-0.3, -0.25) is 9.59 Å². The molecule has 0 aromatic rings. The van der Waals surface area contributed by atoms with E-state index in [1.165, 1.54) is 6.08 Å². The fourth-order valence-electron chi connectivity index (χ4n) is 7.33. The number of aliphatic hydroxyl groups is 4. The number of hydrogen-bond acceptors (Lipinski definition) is 6. The second-order valence-corrected chi connectivity index (χ2v) is 9.77. The molecule has 3 fully saturated rings. The Kier molecular flexibility index (Phi) is 4.44. The first-order valence-electron chi connectivity index (χ1n) is 10.1. The Bertz CT molecular complexity index is 751. The van der Waals surface area contributed by atoms with Crippen LogP contribution in [-0.2, 0) is 9.59 Å². The topological polar surface area (TPSA) is 115 Å². The lowest BCUT2D eigenvalue weighted by Crippen LogP contribution is -2.64. The first-order chi connectivity index (χ1) is 13.0. The van der Waals surface area contributed by atoms with Crippen LogP contribution in [0, 0.1) is 28.6 Å². The molecule has 9 atom stereocenters. The molecule has 4 aliphatic carbocycles. The summed E-state index contributed by atoms with van der Waals surface area (Å²) in [5.74, 6) is -1.98. The maximum atomic E-state index is 15.2. The van der Waals surface area contributed by atoms with Crippen molar-refractivity contribution in [2.45, 2.75) is 69.9 Å². The van der Waals surface area contributed by atoms with Crippen molar-refractivity contribution in [3.8, 4) is 0 Å². The molecular weight excluding hydrogens is 367 g/mol. The molecular formula is C21H29FO6. The van der Waals surface area contributed by atoms with E-state index >= 15 is 4.39 Å². The average molecular weight is 396 g/mol. The number of rotatable bonds is 2. The van der Waals surface area contributed by atoms with E-state index in [1.807, 2.05) is 6.92 Å². The molecule has 0 spiro atoms. The molecule has 3 saturated carbocycles. The van der Waals surface area contributed by atoms with Crippen LogP contribution in [0.4, 0.5) is 4.39 Å². The molecule has 0 unspecified atom stereocenters. The van der Waals surface area contributed by atoms with E-state index in [9.17, 15) is 30.0 Å². The molecule has 6 nitrogen and oxygen atoms in total. The van der Waals surface area contributed by atoms with Crippen LogP contribution in [0.25, 0.3) is 0 Å². The number of fused-ring (bicyclic) bond motifs is 5. The van der Waals surface area contributed by atoms with Gasteiger partial charge in [0, 0.05) is 11.8 Å². The molecule has 4 N–H and O–H groups in total. The molecule has 156 valence electrons. The van der Waals surface area contributed by atoms with Gasteiger partial charge in [-0.15, -0.1) is 0 Å². The van der Waals surface area contributed by atoms with Crippen molar-refractivity contribution < 1.29 is 34.4 Å². The van der Waals surface area contributed by atoms with Crippen LogP contribution < -0.4 is 0 Å². The molecule has 0 bridgehead atoms. The lowest BCUT2D eigenvalue weighted by Gasteiger charge is -2.60. The zero-order valence-corrected chi connectivity index (χ0v) is 16.3. The number of alkyl halides is 1. The predicted molar refractivity (Wildman–Crippen MR) is 96.8 cm³/mol. The summed E-state index contributed by atoms with van der Waals surface area (Å²) >= 11 is 0. The quantitative estimate of drug-likeness (QED) is 0.546. The second-order valence-electron chi connectivity index (χ2n) is 9.77. The minimum absolute atomic E-state index is 0.0753. The molecule has 0 saturated heterocycles. The minimum Gasteiger partial charge on any atom is -0.393 e. The number of halogens is 1. The lowest BCUT2D eigenvalue weighted by molar-refractivity contribution is -0.195. The van der Waals surface area contributed by atoms with Gasteiger partial charge in [0.2, 0.25) is 0 Å². The van der Waals surface area contributed by atoms with Crippen molar-refractivity contribution in [2.75, 3.05) is 6.61 Å². The van der Waals surface area contributed by atoms with E-state index in [1.54, 1.807) is 6.92 Å². The van der Waals surface area contributed by atoms with Crippen LogP contribution in [-0.4, -0.2) is 62.6 Å². The summed E-state index contributed by atoms with van der Waals surface area (Å²) in [7, 11) is 0. The second kappa shape index (κ2) is 6.17. The van der Waals surface area contributed by atoms with Gasteiger partial charge in [0.25, 0.3) is 0 Å². The van der Waals surface area contributed by atoms with E-state index in [0.717, 1.165) is 0 Å². The molecule has 7 heteroatoms. The maximum Gasteiger partial charge on any atom is 0.192 e. The molecule has 0 radical (unpaired) electrons. The van der Waals surface area contributed by atoms with E-state index in [-0.39, 0.29) is 42.8 Å². The highest BCUT2D eigenvalue weighted by molar-refractivity contribution is 5.92. The van der Waals surface area contributed by atoms with Crippen molar-refractivity contribution in [3.63, 3.8) is 0 Å². The zero-order chi connectivity index (χ0) is 20.6. The van der Waals surface area contributed by atoms with Crippen LogP contribution in [0.2, 0.25) is 0 Å². The minimum atomic E-state index is -2.16. The molecule has 4 aliphatic rings. The average Bonchev–Trinajstić information content (AvgIpc) is 2.83. The molecule has 0 amide bonds. The first-order valence-corrected chi connectivity index (χ1v) is 10.1. The molecule has 28 heavy (non-hydrogen) atoms. The number of allylic oxidation sites excluding steroid dienone is 1. The van der Waals surface area contributed by atoms with Gasteiger partial charge >= 0.3 is 0 Å². The maximum absolute atomic E-state index is 15.2. The van der Waals surface area contributed by atoms with Gasteiger partial charge in [0.05, 0.1) is 12.2 Å². The Morgan fingerprint density at radius 3 is 2.61 bits per heavy atom. The van der Waals surface area contributed by atoms with E-state index in [4.69, 9.17) is 0 Å². The monoisotopic (exact) mass is 396 g/mol. The van der Waals surface area contributed by atoms with Crippen LogP contribution >= 0.6 is 0 Å². The largest absolute Gasteiger partial charge is 0.393 e. The van der Waals surface area contributed by atoms with Crippen LogP contribution in [0.5, 0.6) is 0 Å². The number of aliphatic hydroxyl groups excluding tert-OH is 3. The third kappa shape index (κ3) is 2.27. The molecule has 4 rings (SSSR count). The highest BCUT2D eigenvalue weighted by Crippen LogP contribution is 2.67. The van der Waals surface area contributed by atoms with E-state index in [2.05, 4.69) is 0 Å². The smallest absolute Gasteiger partial charge is 0.192 e. The van der Waals surface area contributed by atoms with Gasteiger partial charge < -0.3 is 20.4 Å². The standard InChI is InChI=1S/C21H29FO6/c1-19-4-3-10(24)5-13(19)14(22)6-11-12-7-16(26)21(28,17(27)9-23)20(12,2)8-15(25)18(11)19/h5,11-12,14-16,18,23,25-26,28H,3-4,6-9H2,1-2H3/t11-,12-,14-,15-,16+,18+,19-,20-,21-/m0/s1. The highest BCUT2D eigenvalue weighted by Gasteiger charge is 2.72. The zero-order valence-electron chi connectivity index (χ0n) is 16.3. The van der Waals surface area contributed by atoms with Crippen molar-refractivity contribution in [1.82, 2.24) is 0 Å². The Morgan fingerprint density at radius 2 is 1.96 bits per heavy atom. The van der Waals surface area contributed by atoms with Crippen molar-refractivity contribution in [3.05, 3.63) is 11.6 Å². The number of carbonyl (C=O) groups excluding carboxylic acids is 2. The molecule has 0 aromatic heterocycles. The third-order valence-electron chi connectivity index (χ3n) is 8.66. The SMILES string of the molecule is C[C@]12CCC(=O)C=C1[C@@H](F)C[C@@H]1[C@@H]2[C@@H](O)C[C@@]2(C)[C@H]1C[C@@H](O)[C@]2(O)C(=O)CO. The van der Waals surface area contributed by atoms with Crippen LogP contribution in [0.3, 0.4) is 0 Å². The van der Waals surface area contributed by atoms with E-state index < -0.39 is 47.2 Å². The summed E-state index contributed by atoms with van der Waals surface area (Å²) in [4.78, 5) is 24.3. The van der Waals surface area contributed by atoms with Gasteiger partial charge in [0.15, 0.2) is 17.2 Å². The third-order valence-corrected chi connectivity index (χ3v) is 8.66. The number of Topliss-reactive ketones (excluding diaryl/α,β-unsaturated/α-hetero) is 1. The van der Waals surface area contributed by atoms with Crippen molar-refractivity contribution in [1.29, 1.82) is 0 Å². The summed E-state index contributed by atoms with van der Waals surface area (Å²) in [6.07, 6.45) is -1.16. The van der Waals surface area contributed by atoms with Gasteiger partial charge in [-0.05, 0) is 60.5 Å². The summed E-state index contributed by atoms with van der Waals surface area (Å²) in [5, 5.41) is 42.3. The first kappa shape index (κ1) is 20.1. The molecule has 0 heterocycles. The summed E-state index contributed by atoms with van der Waals surface area (Å²) in [6.45, 7) is 2.65. The highest BCUT2D eigenvalue weighted by atomic mass is 19.1. The van der Waals surface area contributed by atoms with Gasteiger partial charge in [-0.2, -0.15) is 0 Å². The Morgan fingerprint density at radius 1 is 1.29 bits per heavy atom. The normalized spacial score (nSPS) is 53.1. The number of hydrogen-bond donors (Lipinski definition) is 4. The summed E-state index contributed by atoms with van der Waals surface area (Å²) < 4.78 is 15.2. The molecule has 0 aromatic carbocycles. The van der Waals surface area contributed by atoms with Gasteiger partial charge in [-0.25, -0.2) is 4.39 Å². The fourth-order valence-corrected chi connectivity index (χ4v) is 7.33. The predicted octanol–water partition coefficient (Wildman–Crippen LogP) is 0.700. The lowest BCUT2D eigenvalue weighted by atomic mass is 9.45. The summed E-state index contributed by atoms with van der Waals surface area (Å²) in [6, 6.07) is 0.